The number of nitrogens with zero attached hydrogens (tertiary/aromatic N) is 1. The molecule has 0 spiro atoms. The smallest absolute Gasteiger partial charge is 0.276 e. The van der Waals surface area contributed by atoms with Gasteiger partial charge in [0.15, 0.2) is 5.17 Å². The van der Waals surface area contributed by atoms with Crippen molar-refractivity contribution in [2.45, 2.75) is 0 Å². The predicted octanol–water partition coefficient (Wildman–Crippen LogP) is 1.47. The maximum absolute atomic E-state index is 11.3. The molecule has 0 fully saturated rings. The average Bonchev–Trinajstić information content (AvgIpc) is 2.78. The second-order valence-corrected chi connectivity index (χ2v) is 3.42. The molecular formula is C9H8N2O2S. The Kier molecular flexibility index (Phi) is 2.41. The summed E-state index contributed by atoms with van der Waals surface area (Å²) in [5.74, 6) is 0.437. The van der Waals surface area contributed by atoms with Crippen LogP contribution in [0, 0.1) is 0 Å². The quantitative estimate of drug-likeness (QED) is 0.711. The van der Waals surface area contributed by atoms with E-state index in [0.717, 1.165) is 0 Å². The van der Waals surface area contributed by atoms with Crippen molar-refractivity contribution in [3.05, 3.63) is 29.9 Å². The van der Waals surface area contributed by atoms with Crippen molar-refractivity contribution in [2.75, 3.05) is 6.26 Å². The molecule has 2 rings (SSSR count). The number of hydrogen-bond donors (Lipinski definition) is 1. The van der Waals surface area contributed by atoms with Crippen molar-refractivity contribution in [3.63, 3.8) is 0 Å². The molecule has 14 heavy (non-hydrogen) atoms. The lowest BCUT2D eigenvalue weighted by Gasteiger charge is -1.90. The number of carbonyl (C=O) groups excluding carboxylic acids is 1. The Bertz CT molecular complexity index is 406. The van der Waals surface area contributed by atoms with Crippen LogP contribution in [0.25, 0.3) is 6.08 Å². The Morgan fingerprint density at radius 2 is 2.50 bits per heavy atom. The molecule has 0 aromatic carbocycles. The van der Waals surface area contributed by atoms with E-state index >= 15 is 0 Å². The molecule has 4 nitrogen and oxygen atoms in total. The fourth-order valence-corrected chi connectivity index (χ4v) is 1.44. The summed E-state index contributed by atoms with van der Waals surface area (Å²) in [5.41, 5.74) is 0.379. The van der Waals surface area contributed by atoms with Crippen molar-refractivity contribution in [3.8, 4) is 0 Å². The van der Waals surface area contributed by atoms with Gasteiger partial charge in [-0.3, -0.25) is 10.1 Å². The second kappa shape index (κ2) is 3.71. The first-order valence-electron chi connectivity index (χ1n) is 3.99. The lowest BCUT2D eigenvalue weighted by molar-refractivity contribution is -0.115. The summed E-state index contributed by atoms with van der Waals surface area (Å²) in [6.07, 6.45) is 5.02. The standard InChI is InChI=1S/C9H8N2O2S/c1-14-9-10-7(8(12)11-9)5-6-3-2-4-13-6/h2-5H,1H3,(H,10,11,12)/b7-5+. The van der Waals surface area contributed by atoms with Gasteiger partial charge in [-0.05, 0) is 18.4 Å². The molecule has 0 aliphatic carbocycles. The summed E-state index contributed by atoms with van der Waals surface area (Å²) in [7, 11) is 0. The highest BCUT2D eigenvalue weighted by Crippen LogP contribution is 2.14. The van der Waals surface area contributed by atoms with E-state index in [1.165, 1.54) is 11.8 Å². The molecule has 0 bridgehead atoms. The van der Waals surface area contributed by atoms with Crippen LogP contribution in [0.2, 0.25) is 0 Å². The zero-order valence-electron chi connectivity index (χ0n) is 7.48. The largest absolute Gasteiger partial charge is 0.465 e. The predicted molar refractivity (Wildman–Crippen MR) is 55.8 cm³/mol. The third kappa shape index (κ3) is 1.72. The number of rotatable bonds is 1. The van der Waals surface area contributed by atoms with E-state index < -0.39 is 0 Å². The molecule has 2 heterocycles. The first kappa shape index (κ1) is 9.08. The number of hydrogen-bond acceptors (Lipinski definition) is 4. The Morgan fingerprint density at radius 3 is 3.07 bits per heavy atom. The molecule has 1 N–H and O–H groups in total. The van der Waals surface area contributed by atoms with Gasteiger partial charge in [0.25, 0.3) is 5.91 Å². The highest BCUT2D eigenvalue weighted by atomic mass is 32.2. The van der Waals surface area contributed by atoms with Crippen LogP contribution in [0.4, 0.5) is 0 Å². The maximum atomic E-state index is 11.3. The number of furan rings is 1. The van der Waals surface area contributed by atoms with Crippen LogP contribution in [0.1, 0.15) is 5.76 Å². The van der Waals surface area contributed by atoms with Crippen LogP contribution >= 0.6 is 11.8 Å². The van der Waals surface area contributed by atoms with Crippen LogP contribution in [0.3, 0.4) is 0 Å². The molecule has 1 aromatic rings. The number of thioether (sulfide) groups is 1. The minimum atomic E-state index is -0.189. The van der Waals surface area contributed by atoms with Gasteiger partial charge in [-0.15, -0.1) is 0 Å². The lowest BCUT2D eigenvalue weighted by Crippen LogP contribution is -2.21. The van der Waals surface area contributed by atoms with Crippen LogP contribution in [-0.2, 0) is 4.79 Å². The number of amides is 1. The van der Waals surface area contributed by atoms with E-state index in [1.807, 2.05) is 6.26 Å². The summed E-state index contributed by atoms with van der Waals surface area (Å²) in [6.45, 7) is 0. The van der Waals surface area contributed by atoms with Crippen molar-refractivity contribution < 1.29 is 9.21 Å². The molecule has 0 atom stereocenters. The third-order valence-corrected chi connectivity index (χ3v) is 2.27. The van der Waals surface area contributed by atoms with Crippen LogP contribution < -0.4 is 5.32 Å². The van der Waals surface area contributed by atoms with E-state index in [1.54, 1.807) is 24.5 Å². The molecule has 1 amide bonds. The average molecular weight is 208 g/mol. The van der Waals surface area contributed by atoms with Crippen LogP contribution in [-0.4, -0.2) is 17.3 Å². The van der Waals surface area contributed by atoms with Gasteiger partial charge in [0, 0.05) is 6.08 Å². The molecule has 5 heteroatoms. The summed E-state index contributed by atoms with van der Waals surface area (Å²) in [4.78, 5) is 15.4. The highest BCUT2D eigenvalue weighted by Gasteiger charge is 2.19. The fourth-order valence-electron chi connectivity index (χ4n) is 1.05. The third-order valence-electron chi connectivity index (χ3n) is 1.69. The number of carbonyl (C=O) groups is 1. The van der Waals surface area contributed by atoms with Crippen LogP contribution in [0.15, 0.2) is 33.5 Å². The maximum Gasteiger partial charge on any atom is 0.276 e. The first-order valence-corrected chi connectivity index (χ1v) is 5.21. The molecule has 0 saturated heterocycles. The van der Waals surface area contributed by atoms with Crippen molar-refractivity contribution >= 4 is 28.9 Å². The van der Waals surface area contributed by atoms with Crippen LogP contribution in [0.5, 0.6) is 0 Å². The van der Waals surface area contributed by atoms with Gasteiger partial charge in [0.1, 0.15) is 11.5 Å². The van der Waals surface area contributed by atoms with Gasteiger partial charge in [0.2, 0.25) is 0 Å². The van der Waals surface area contributed by atoms with Gasteiger partial charge >= 0.3 is 0 Å². The summed E-state index contributed by atoms with van der Waals surface area (Å²) in [6, 6.07) is 3.53. The number of nitrogens with one attached hydrogen (secondary N) is 1. The van der Waals surface area contributed by atoms with E-state index in [2.05, 4.69) is 10.3 Å². The van der Waals surface area contributed by atoms with E-state index in [9.17, 15) is 4.79 Å². The number of amidine groups is 1. The summed E-state index contributed by atoms with van der Waals surface area (Å²) in [5, 5.41) is 3.25. The first-order chi connectivity index (χ1) is 6.79. The zero-order chi connectivity index (χ0) is 9.97. The summed E-state index contributed by atoms with van der Waals surface area (Å²) >= 11 is 1.40. The lowest BCUT2D eigenvalue weighted by atomic mass is 10.3. The molecule has 0 saturated carbocycles. The molecular weight excluding hydrogens is 200 g/mol. The Balaban J connectivity index is 2.27. The SMILES string of the molecule is CSC1=N/C(=C/c2ccco2)C(=O)N1. The topological polar surface area (TPSA) is 54.6 Å². The van der Waals surface area contributed by atoms with Crippen molar-refractivity contribution in [1.29, 1.82) is 0 Å². The van der Waals surface area contributed by atoms with Crippen molar-refractivity contribution in [2.24, 2.45) is 4.99 Å². The van der Waals surface area contributed by atoms with Gasteiger partial charge in [0.05, 0.1) is 6.26 Å². The summed E-state index contributed by atoms with van der Waals surface area (Å²) < 4.78 is 5.08. The fraction of sp³-hybridized carbons (Fsp3) is 0.111. The molecule has 1 aromatic heterocycles. The normalized spacial score (nSPS) is 18.5. The van der Waals surface area contributed by atoms with Gasteiger partial charge in [-0.25, -0.2) is 4.99 Å². The second-order valence-electron chi connectivity index (χ2n) is 2.62. The molecule has 72 valence electrons. The van der Waals surface area contributed by atoms with E-state index in [4.69, 9.17) is 4.42 Å². The van der Waals surface area contributed by atoms with Crippen molar-refractivity contribution in [1.82, 2.24) is 5.32 Å². The minimum Gasteiger partial charge on any atom is -0.465 e. The van der Waals surface area contributed by atoms with Gasteiger partial charge in [-0.2, -0.15) is 0 Å². The van der Waals surface area contributed by atoms with Gasteiger partial charge < -0.3 is 4.42 Å². The minimum absolute atomic E-state index is 0.189. The number of aliphatic imine (C=N–C) groups is 1. The molecule has 1 aliphatic heterocycles. The molecule has 0 radical (unpaired) electrons. The zero-order valence-corrected chi connectivity index (χ0v) is 8.30. The monoisotopic (exact) mass is 208 g/mol. The van der Waals surface area contributed by atoms with E-state index in [-0.39, 0.29) is 5.91 Å². The molecule has 1 aliphatic rings. The highest BCUT2D eigenvalue weighted by molar-refractivity contribution is 8.13. The Morgan fingerprint density at radius 1 is 1.64 bits per heavy atom. The van der Waals surface area contributed by atoms with E-state index in [0.29, 0.717) is 16.6 Å². The van der Waals surface area contributed by atoms with Gasteiger partial charge in [-0.1, -0.05) is 11.8 Å². The Labute approximate surface area is 85.1 Å². The molecule has 0 unspecified atom stereocenters. The Hall–Kier alpha value is -1.49.